The van der Waals surface area contributed by atoms with Gasteiger partial charge in [0.25, 0.3) is 5.91 Å². The van der Waals surface area contributed by atoms with Gasteiger partial charge in [0.2, 0.25) is 5.88 Å². The van der Waals surface area contributed by atoms with Gasteiger partial charge in [-0.15, -0.1) is 0 Å². The number of carbonyl (C=O) groups is 2. The van der Waals surface area contributed by atoms with Crippen LogP contribution in [0.3, 0.4) is 0 Å². The van der Waals surface area contributed by atoms with Gasteiger partial charge in [-0.25, -0.2) is 14.5 Å². The van der Waals surface area contributed by atoms with Crippen LogP contribution in [-0.4, -0.2) is 57.8 Å². The van der Waals surface area contributed by atoms with Crippen LogP contribution in [0.4, 0.5) is 5.69 Å². The fourth-order valence-corrected chi connectivity index (χ4v) is 3.55. The van der Waals surface area contributed by atoms with Crippen molar-refractivity contribution in [2.24, 2.45) is 5.92 Å². The average molecular weight is 437 g/mol. The lowest BCUT2D eigenvalue weighted by Crippen LogP contribution is -2.32. The predicted molar refractivity (Wildman–Crippen MR) is 113 cm³/mol. The smallest absolute Gasteiger partial charge is 0.313 e. The van der Waals surface area contributed by atoms with Gasteiger partial charge in [-0.2, -0.15) is 5.10 Å². The Bertz CT molecular complexity index is 1140. The summed E-state index contributed by atoms with van der Waals surface area (Å²) < 4.78 is 17.7. The molecule has 10 heteroatoms. The maximum absolute atomic E-state index is 12.9. The zero-order valence-electron chi connectivity index (χ0n) is 17.6. The molecule has 5 rings (SSSR count). The molecule has 1 saturated heterocycles. The molecule has 0 aromatic carbocycles. The number of methoxy groups -OCH3 is 1. The van der Waals surface area contributed by atoms with E-state index in [1.807, 2.05) is 0 Å². The first-order valence-corrected chi connectivity index (χ1v) is 10.6. The summed E-state index contributed by atoms with van der Waals surface area (Å²) in [6, 6.07) is 7.10. The molecule has 1 amide bonds. The fourth-order valence-electron chi connectivity index (χ4n) is 3.55. The van der Waals surface area contributed by atoms with Gasteiger partial charge >= 0.3 is 5.97 Å². The second-order valence-electron chi connectivity index (χ2n) is 7.94. The summed E-state index contributed by atoms with van der Waals surface area (Å²) in [6.07, 6.45) is 5.71. The molecule has 32 heavy (non-hydrogen) atoms. The van der Waals surface area contributed by atoms with Gasteiger partial charge in [0.15, 0.2) is 17.6 Å². The first kappa shape index (κ1) is 20.2. The first-order chi connectivity index (χ1) is 15.6. The molecule has 0 radical (unpaired) electrons. The van der Waals surface area contributed by atoms with Gasteiger partial charge in [-0.05, 0) is 37.0 Å². The molecule has 4 heterocycles. The minimum absolute atomic E-state index is 0.00941. The molecule has 1 saturated carbocycles. The lowest BCUT2D eigenvalue weighted by molar-refractivity contribution is -0.139. The SMILES string of the molecule is COC(=O)Cc1nc2ccc(N3CC[C@@H](Oc4ccc(OCC5CC5)nc4)C3=O)cn2n1. The highest BCUT2D eigenvalue weighted by atomic mass is 16.5. The van der Waals surface area contributed by atoms with E-state index in [2.05, 4.69) is 19.8 Å². The zero-order chi connectivity index (χ0) is 22.1. The van der Waals surface area contributed by atoms with Crippen molar-refractivity contribution in [3.05, 3.63) is 42.5 Å². The number of hydrogen-bond donors (Lipinski definition) is 0. The van der Waals surface area contributed by atoms with E-state index in [1.54, 1.807) is 46.1 Å². The van der Waals surface area contributed by atoms with E-state index in [4.69, 9.17) is 9.47 Å². The lowest BCUT2D eigenvalue weighted by Gasteiger charge is -2.17. The van der Waals surface area contributed by atoms with Crippen LogP contribution in [0.2, 0.25) is 0 Å². The Balaban J connectivity index is 1.23. The van der Waals surface area contributed by atoms with Crippen molar-refractivity contribution < 1.29 is 23.8 Å². The average Bonchev–Trinajstić information content (AvgIpc) is 3.45. The molecule has 10 nitrogen and oxygen atoms in total. The quantitative estimate of drug-likeness (QED) is 0.491. The third-order valence-corrected chi connectivity index (χ3v) is 5.51. The van der Waals surface area contributed by atoms with Crippen molar-refractivity contribution in [3.63, 3.8) is 0 Å². The van der Waals surface area contributed by atoms with Crippen molar-refractivity contribution in [2.45, 2.75) is 31.8 Å². The summed E-state index contributed by atoms with van der Waals surface area (Å²) >= 11 is 0. The second-order valence-corrected chi connectivity index (χ2v) is 7.94. The van der Waals surface area contributed by atoms with E-state index in [1.165, 1.54) is 20.0 Å². The van der Waals surface area contributed by atoms with Crippen LogP contribution in [0.25, 0.3) is 5.65 Å². The van der Waals surface area contributed by atoms with Gasteiger partial charge < -0.3 is 19.1 Å². The van der Waals surface area contributed by atoms with E-state index in [-0.39, 0.29) is 12.3 Å². The third-order valence-electron chi connectivity index (χ3n) is 5.51. The number of hydrogen-bond acceptors (Lipinski definition) is 8. The minimum Gasteiger partial charge on any atom is -0.479 e. The molecule has 3 aromatic rings. The molecule has 2 fully saturated rings. The van der Waals surface area contributed by atoms with E-state index >= 15 is 0 Å². The number of ether oxygens (including phenoxy) is 3. The molecule has 2 aliphatic rings. The van der Waals surface area contributed by atoms with Gasteiger partial charge in [-0.3, -0.25) is 9.59 Å². The molecular weight excluding hydrogens is 414 g/mol. The summed E-state index contributed by atoms with van der Waals surface area (Å²) in [6.45, 7) is 1.22. The molecule has 166 valence electrons. The normalized spacial score (nSPS) is 18.2. The number of pyridine rings is 2. The topological polar surface area (TPSA) is 108 Å². The Morgan fingerprint density at radius 1 is 1.19 bits per heavy atom. The Hall–Kier alpha value is -3.69. The third kappa shape index (κ3) is 4.34. The predicted octanol–water partition coefficient (Wildman–Crippen LogP) is 1.81. The number of esters is 1. The van der Waals surface area contributed by atoms with Crippen molar-refractivity contribution in [3.8, 4) is 11.6 Å². The van der Waals surface area contributed by atoms with Crippen LogP contribution in [0, 0.1) is 5.92 Å². The number of amides is 1. The minimum atomic E-state index is -0.587. The Labute approximate surface area is 184 Å². The van der Waals surface area contributed by atoms with Gasteiger partial charge in [0.05, 0.1) is 31.8 Å². The van der Waals surface area contributed by atoms with E-state index in [0.29, 0.717) is 54.3 Å². The maximum Gasteiger partial charge on any atom is 0.313 e. The van der Waals surface area contributed by atoms with E-state index < -0.39 is 12.1 Å². The highest BCUT2D eigenvalue weighted by molar-refractivity contribution is 5.99. The fraction of sp³-hybridized carbons (Fsp3) is 0.409. The summed E-state index contributed by atoms with van der Waals surface area (Å²) in [5.41, 5.74) is 1.27. The van der Waals surface area contributed by atoms with E-state index in [0.717, 1.165) is 0 Å². The molecule has 0 spiro atoms. The Morgan fingerprint density at radius 3 is 2.81 bits per heavy atom. The molecular formula is C22H23N5O5. The number of nitrogens with zero attached hydrogens (tertiary/aromatic N) is 5. The number of rotatable bonds is 8. The number of aromatic nitrogens is 4. The number of anilines is 1. The molecule has 0 bridgehead atoms. The van der Waals surface area contributed by atoms with Crippen LogP contribution in [-0.2, 0) is 20.7 Å². The van der Waals surface area contributed by atoms with Crippen LogP contribution < -0.4 is 14.4 Å². The Morgan fingerprint density at radius 2 is 2.06 bits per heavy atom. The largest absolute Gasteiger partial charge is 0.479 e. The van der Waals surface area contributed by atoms with Crippen LogP contribution >= 0.6 is 0 Å². The number of carbonyl (C=O) groups excluding carboxylic acids is 2. The van der Waals surface area contributed by atoms with Gasteiger partial charge in [-0.1, -0.05) is 0 Å². The molecule has 1 aliphatic heterocycles. The molecule has 0 N–H and O–H groups in total. The zero-order valence-corrected chi connectivity index (χ0v) is 17.6. The highest BCUT2D eigenvalue weighted by Crippen LogP contribution is 2.30. The van der Waals surface area contributed by atoms with Crippen molar-refractivity contribution >= 4 is 23.2 Å². The summed E-state index contributed by atoms with van der Waals surface area (Å²) in [4.78, 5) is 34.6. The second kappa shape index (κ2) is 8.45. The number of fused-ring (bicyclic) bond motifs is 1. The summed E-state index contributed by atoms with van der Waals surface area (Å²) in [5.74, 6) is 1.58. The first-order valence-electron chi connectivity index (χ1n) is 10.6. The van der Waals surface area contributed by atoms with Crippen molar-refractivity contribution in [2.75, 3.05) is 25.2 Å². The molecule has 3 aromatic heterocycles. The molecule has 1 atom stereocenters. The highest BCUT2D eigenvalue weighted by Gasteiger charge is 2.34. The van der Waals surface area contributed by atoms with Crippen molar-refractivity contribution in [1.82, 2.24) is 19.6 Å². The van der Waals surface area contributed by atoms with E-state index in [9.17, 15) is 9.59 Å². The standard InChI is InChI=1S/C22H23N5O5/c1-30-21(28)10-18-24-19-6-4-15(12-27(19)25-18)26-9-8-17(22(26)29)32-16-5-7-20(23-11-16)31-13-14-2-3-14/h4-7,11-12,14,17H,2-3,8-10,13H2,1H3/t17-/m1/s1. The van der Waals surface area contributed by atoms with Crippen LogP contribution in [0.15, 0.2) is 36.7 Å². The van der Waals surface area contributed by atoms with Gasteiger partial charge in [0, 0.05) is 19.0 Å². The maximum atomic E-state index is 12.9. The Kier molecular flexibility index (Phi) is 5.34. The molecule has 0 unspecified atom stereocenters. The monoisotopic (exact) mass is 437 g/mol. The lowest BCUT2D eigenvalue weighted by atomic mass is 10.3. The summed E-state index contributed by atoms with van der Waals surface area (Å²) in [5, 5.41) is 4.30. The van der Waals surface area contributed by atoms with Crippen LogP contribution in [0.1, 0.15) is 25.1 Å². The summed E-state index contributed by atoms with van der Waals surface area (Å²) in [7, 11) is 1.32. The van der Waals surface area contributed by atoms with Gasteiger partial charge in [0.1, 0.15) is 12.2 Å². The molecule has 1 aliphatic carbocycles. The van der Waals surface area contributed by atoms with Crippen LogP contribution in [0.5, 0.6) is 11.6 Å². The van der Waals surface area contributed by atoms with Crippen molar-refractivity contribution in [1.29, 1.82) is 0 Å².